The van der Waals surface area contributed by atoms with Gasteiger partial charge in [-0.2, -0.15) is 0 Å². The zero-order valence-corrected chi connectivity index (χ0v) is 12.7. The number of aryl methyl sites for hydroxylation is 1. The smallest absolute Gasteiger partial charge is 0.254 e. The molecule has 6 heteroatoms. The zero-order chi connectivity index (χ0) is 15.4. The summed E-state index contributed by atoms with van der Waals surface area (Å²) >= 11 is 0. The Bertz CT molecular complexity index is 504. The summed E-state index contributed by atoms with van der Waals surface area (Å²) in [5, 5.41) is 9.64. The number of anilines is 1. The van der Waals surface area contributed by atoms with E-state index in [0.29, 0.717) is 24.5 Å². The number of nitrogen functional groups attached to an aromatic ring is 1. The van der Waals surface area contributed by atoms with Gasteiger partial charge < -0.3 is 15.4 Å². The van der Waals surface area contributed by atoms with Crippen molar-refractivity contribution >= 4 is 11.7 Å². The number of aromatic nitrogens is 1. The molecule has 1 aliphatic heterocycles. The minimum Gasteiger partial charge on any atom is -0.393 e. The quantitative estimate of drug-likeness (QED) is 0.559. The number of hydrogen-bond donors (Lipinski definition) is 3. The molecule has 0 radical (unpaired) electrons. The summed E-state index contributed by atoms with van der Waals surface area (Å²) in [6.07, 6.45) is 2.24. The summed E-state index contributed by atoms with van der Waals surface area (Å²) < 4.78 is 0. The van der Waals surface area contributed by atoms with Gasteiger partial charge in [-0.05, 0) is 31.9 Å². The average Bonchev–Trinajstić information content (AvgIpc) is 2.96. The first-order valence-electron chi connectivity index (χ1n) is 7.50. The highest BCUT2D eigenvalue weighted by molar-refractivity contribution is 5.95. The molecular formula is C15H24N4O2. The van der Waals surface area contributed by atoms with E-state index in [9.17, 15) is 9.90 Å². The number of nitrogens with two attached hydrogens (primary N) is 1. The molecule has 21 heavy (non-hydrogen) atoms. The van der Waals surface area contributed by atoms with E-state index in [1.54, 1.807) is 17.9 Å². The number of pyridine rings is 1. The van der Waals surface area contributed by atoms with E-state index in [2.05, 4.69) is 17.3 Å². The molecule has 116 valence electrons. The predicted molar refractivity (Wildman–Crippen MR) is 81.7 cm³/mol. The number of aliphatic hydroxyl groups is 1. The van der Waals surface area contributed by atoms with Crippen molar-refractivity contribution in [2.75, 3.05) is 18.5 Å². The van der Waals surface area contributed by atoms with Gasteiger partial charge in [-0.25, -0.2) is 10.8 Å². The molecule has 0 aromatic carbocycles. The van der Waals surface area contributed by atoms with Crippen LogP contribution in [0.4, 0.5) is 5.82 Å². The third-order valence-electron chi connectivity index (χ3n) is 3.97. The van der Waals surface area contributed by atoms with Crippen molar-refractivity contribution < 1.29 is 9.90 Å². The molecule has 2 rings (SSSR count). The molecule has 1 aromatic rings. The molecule has 0 spiro atoms. The second kappa shape index (κ2) is 6.87. The third-order valence-corrected chi connectivity index (χ3v) is 3.97. The van der Waals surface area contributed by atoms with Crippen LogP contribution in [0.5, 0.6) is 0 Å². The van der Waals surface area contributed by atoms with Gasteiger partial charge in [-0.3, -0.25) is 4.79 Å². The van der Waals surface area contributed by atoms with Crippen molar-refractivity contribution in [2.45, 2.75) is 39.2 Å². The number of amides is 1. The Morgan fingerprint density at radius 2 is 2.38 bits per heavy atom. The second-order valence-corrected chi connectivity index (χ2v) is 5.67. The van der Waals surface area contributed by atoms with E-state index >= 15 is 0 Å². The Morgan fingerprint density at radius 1 is 1.62 bits per heavy atom. The Kier molecular flexibility index (Phi) is 5.14. The van der Waals surface area contributed by atoms with Crippen LogP contribution in [-0.4, -0.2) is 40.1 Å². The van der Waals surface area contributed by atoms with Crippen LogP contribution < -0.4 is 11.3 Å². The number of hydrazine groups is 1. The fourth-order valence-electron chi connectivity index (χ4n) is 2.72. The van der Waals surface area contributed by atoms with Crippen LogP contribution >= 0.6 is 0 Å². The normalized spacial score (nSPS) is 19.6. The van der Waals surface area contributed by atoms with Gasteiger partial charge in [0.05, 0.1) is 6.10 Å². The minimum absolute atomic E-state index is 0.0191. The molecule has 1 aliphatic rings. The lowest BCUT2D eigenvalue weighted by Gasteiger charge is -2.18. The first-order valence-corrected chi connectivity index (χ1v) is 7.50. The van der Waals surface area contributed by atoms with Crippen molar-refractivity contribution in [3.8, 4) is 0 Å². The number of rotatable bonds is 5. The van der Waals surface area contributed by atoms with E-state index in [4.69, 9.17) is 5.84 Å². The van der Waals surface area contributed by atoms with Crippen molar-refractivity contribution in [1.29, 1.82) is 0 Å². The molecule has 1 aromatic heterocycles. The van der Waals surface area contributed by atoms with Gasteiger partial charge >= 0.3 is 0 Å². The first-order chi connectivity index (χ1) is 10.0. The summed E-state index contributed by atoms with van der Waals surface area (Å²) in [7, 11) is 0. The van der Waals surface area contributed by atoms with E-state index in [1.807, 2.05) is 6.07 Å². The molecule has 1 amide bonds. The van der Waals surface area contributed by atoms with Gasteiger partial charge in [0, 0.05) is 30.3 Å². The largest absolute Gasteiger partial charge is 0.393 e. The maximum Gasteiger partial charge on any atom is 0.254 e. The number of hydrogen-bond acceptors (Lipinski definition) is 5. The lowest BCUT2D eigenvalue weighted by atomic mass is 10.0. The predicted octanol–water partition coefficient (Wildman–Crippen LogP) is 1.16. The highest BCUT2D eigenvalue weighted by atomic mass is 16.3. The second-order valence-electron chi connectivity index (χ2n) is 5.67. The van der Waals surface area contributed by atoms with E-state index in [1.165, 1.54) is 0 Å². The summed E-state index contributed by atoms with van der Waals surface area (Å²) in [5.41, 5.74) is 3.98. The van der Waals surface area contributed by atoms with Crippen LogP contribution in [0.1, 0.15) is 42.7 Å². The maximum absolute atomic E-state index is 12.6. The fraction of sp³-hybridized carbons (Fsp3) is 0.600. The number of aliphatic hydroxyl groups excluding tert-OH is 1. The van der Waals surface area contributed by atoms with Crippen LogP contribution in [0.3, 0.4) is 0 Å². The van der Waals surface area contributed by atoms with Gasteiger partial charge in [-0.1, -0.05) is 13.3 Å². The van der Waals surface area contributed by atoms with Crippen molar-refractivity contribution in [3.05, 3.63) is 23.4 Å². The van der Waals surface area contributed by atoms with Crippen molar-refractivity contribution in [1.82, 2.24) is 9.88 Å². The summed E-state index contributed by atoms with van der Waals surface area (Å²) in [6, 6.07) is 3.51. The number of nitrogens with zero attached hydrogens (tertiary/aromatic N) is 2. The van der Waals surface area contributed by atoms with Crippen LogP contribution in [0.2, 0.25) is 0 Å². The molecule has 0 saturated carbocycles. The topological polar surface area (TPSA) is 91.5 Å². The van der Waals surface area contributed by atoms with Crippen molar-refractivity contribution in [3.63, 3.8) is 0 Å². The SMILES string of the molecule is CCCc1cc(C(=O)N2CCC(C(C)O)C2)cc(NN)n1. The van der Waals surface area contributed by atoms with Crippen molar-refractivity contribution in [2.24, 2.45) is 11.8 Å². The highest BCUT2D eigenvalue weighted by Crippen LogP contribution is 2.22. The van der Waals surface area contributed by atoms with E-state index in [-0.39, 0.29) is 17.9 Å². The van der Waals surface area contributed by atoms with Crippen LogP contribution in [0.25, 0.3) is 0 Å². The molecule has 0 bridgehead atoms. The Hall–Kier alpha value is -1.66. The standard InChI is InChI=1S/C15H24N4O2/c1-3-4-13-7-12(8-14(17-13)18-16)15(21)19-6-5-11(9-19)10(2)20/h7-8,10-11,20H,3-6,9,16H2,1-2H3,(H,17,18). The third kappa shape index (κ3) is 3.71. The monoisotopic (exact) mass is 292 g/mol. The summed E-state index contributed by atoms with van der Waals surface area (Å²) in [4.78, 5) is 18.7. The molecular weight excluding hydrogens is 268 g/mol. The van der Waals surface area contributed by atoms with Crippen LogP contribution in [0.15, 0.2) is 12.1 Å². The lowest BCUT2D eigenvalue weighted by molar-refractivity contribution is 0.0762. The van der Waals surface area contributed by atoms with E-state index < -0.39 is 0 Å². The average molecular weight is 292 g/mol. The van der Waals surface area contributed by atoms with Gasteiger partial charge in [0.15, 0.2) is 0 Å². The molecule has 1 fully saturated rings. The number of nitrogens with one attached hydrogen (secondary N) is 1. The number of likely N-dealkylation sites (tertiary alicyclic amines) is 1. The van der Waals surface area contributed by atoms with Crippen LogP contribution in [0, 0.1) is 5.92 Å². The summed E-state index contributed by atoms with van der Waals surface area (Å²) in [5.74, 6) is 6.08. The number of carbonyl (C=O) groups is 1. The highest BCUT2D eigenvalue weighted by Gasteiger charge is 2.29. The Balaban J connectivity index is 2.17. The molecule has 1 saturated heterocycles. The molecule has 0 aliphatic carbocycles. The molecule has 2 atom stereocenters. The summed E-state index contributed by atoms with van der Waals surface area (Å²) in [6.45, 7) is 5.14. The minimum atomic E-state index is -0.378. The van der Waals surface area contributed by atoms with Crippen LogP contribution in [-0.2, 0) is 6.42 Å². The maximum atomic E-state index is 12.6. The Morgan fingerprint density at radius 3 is 2.95 bits per heavy atom. The first kappa shape index (κ1) is 15.7. The van der Waals surface area contributed by atoms with E-state index in [0.717, 1.165) is 25.0 Å². The van der Waals surface area contributed by atoms with Gasteiger partial charge in [0.25, 0.3) is 5.91 Å². The van der Waals surface area contributed by atoms with Gasteiger partial charge in [0.1, 0.15) is 5.82 Å². The Labute approximate surface area is 125 Å². The zero-order valence-electron chi connectivity index (χ0n) is 12.7. The van der Waals surface area contributed by atoms with Gasteiger partial charge in [-0.15, -0.1) is 0 Å². The molecule has 6 nitrogen and oxygen atoms in total. The fourth-order valence-corrected chi connectivity index (χ4v) is 2.72. The molecule has 4 N–H and O–H groups in total. The molecule has 2 unspecified atom stereocenters. The number of carbonyl (C=O) groups excluding carboxylic acids is 1. The van der Waals surface area contributed by atoms with Gasteiger partial charge in [0.2, 0.25) is 0 Å². The molecule has 2 heterocycles. The lowest BCUT2D eigenvalue weighted by Crippen LogP contribution is -2.30.